The molecule has 3 nitrogen and oxygen atoms in total. The first-order chi connectivity index (χ1) is 10.8. The van der Waals surface area contributed by atoms with Crippen molar-refractivity contribution in [3.05, 3.63) is 70.1 Å². The van der Waals surface area contributed by atoms with Gasteiger partial charge in [0.25, 0.3) is 5.56 Å². The SMILES string of the molecule is O=c1ccccn1Cc1ccc(CN[C@@H]2CCCSC2)cc1. The van der Waals surface area contributed by atoms with E-state index in [-0.39, 0.29) is 5.56 Å². The topological polar surface area (TPSA) is 34.0 Å². The monoisotopic (exact) mass is 314 g/mol. The van der Waals surface area contributed by atoms with Gasteiger partial charge in [0.05, 0.1) is 6.54 Å². The number of nitrogens with one attached hydrogen (secondary N) is 1. The summed E-state index contributed by atoms with van der Waals surface area (Å²) in [5.74, 6) is 2.54. The fourth-order valence-corrected chi connectivity index (χ4v) is 3.82. The third-order valence-corrected chi connectivity index (χ3v) is 5.25. The lowest BCUT2D eigenvalue weighted by Gasteiger charge is -2.22. The van der Waals surface area contributed by atoms with Gasteiger partial charge in [0.15, 0.2) is 0 Å². The molecule has 0 amide bonds. The summed E-state index contributed by atoms with van der Waals surface area (Å²) in [4.78, 5) is 11.7. The molecule has 4 heteroatoms. The Kier molecular flexibility index (Phi) is 5.35. The van der Waals surface area contributed by atoms with E-state index >= 15 is 0 Å². The van der Waals surface area contributed by atoms with E-state index in [0.29, 0.717) is 12.6 Å². The number of hydrogen-bond acceptors (Lipinski definition) is 3. The second-order valence-electron chi connectivity index (χ2n) is 5.78. The van der Waals surface area contributed by atoms with Crippen molar-refractivity contribution in [2.45, 2.75) is 32.0 Å². The molecule has 0 radical (unpaired) electrons. The Bertz CT molecular complexity index is 645. The molecule has 0 saturated carbocycles. The minimum atomic E-state index is 0.0445. The van der Waals surface area contributed by atoms with Crippen molar-refractivity contribution in [1.29, 1.82) is 0 Å². The van der Waals surface area contributed by atoms with E-state index in [0.717, 1.165) is 12.1 Å². The second kappa shape index (κ2) is 7.65. The van der Waals surface area contributed by atoms with Crippen LogP contribution in [0.2, 0.25) is 0 Å². The number of aromatic nitrogens is 1. The lowest BCUT2D eigenvalue weighted by molar-refractivity contribution is 0.507. The third kappa shape index (κ3) is 4.24. The fourth-order valence-electron chi connectivity index (χ4n) is 2.71. The van der Waals surface area contributed by atoms with Crippen molar-refractivity contribution in [3.8, 4) is 0 Å². The van der Waals surface area contributed by atoms with Gasteiger partial charge in [0.1, 0.15) is 0 Å². The highest BCUT2D eigenvalue weighted by Crippen LogP contribution is 2.17. The Labute approximate surface area is 135 Å². The summed E-state index contributed by atoms with van der Waals surface area (Å²) < 4.78 is 1.73. The van der Waals surface area contributed by atoms with Crippen molar-refractivity contribution >= 4 is 11.8 Å². The molecule has 3 rings (SSSR count). The molecule has 0 aliphatic carbocycles. The molecule has 2 heterocycles. The summed E-state index contributed by atoms with van der Waals surface area (Å²) in [6, 6.07) is 14.5. The van der Waals surface area contributed by atoms with E-state index in [4.69, 9.17) is 0 Å². The Morgan fingerprint density at radius 1 is 1.14 bits per heavy atom. The van der Waals surface area contributed by atoms with Gasteiger partial charge in [-0.05, 0) is 35.8 Å². The highest BCUT2D eigenvalue weighted by atomic mass is 32.2. The molecular formula is C18H22N2OS. The fraction of sp³-hybridized carbons (Fsp3) is 0.389. The average Bonchev–Trinajstić information content (AvgIpc) is 2.57. The maximum atomic E-state index is 11.7. The summed E-state index contributed by atoms with van der Waals surface area (Å²) in [5.41, 5.74) is 2.51. The maximum Gasteiger partial charge on any atom is 0.250 e. The van der Waals surface area contributed by atoms with Crippen LogP contribution in [0.25, 0.3) is 0 Å². The van der Waals surface area contributed by atoms with E-state index in [1.807, 2.05) is 24.0 Å². The van der Waals surface area contributed by atoms with Gasteiger partial charge in [0.2, 0.25) is 0 Å². The van der Waals surface area contributed by atoms with Crippen molar-refractivity contribution in [2.75, 3.05) is 11.5 Å². The molecule has 0 bridgehead atoms. The third-order valence-electron chi connectivity index (χ3n) is 4.03. The minimum absolute atomic E-state index is 0.0445. The zero-order valence-electron chi connectivity index (χ0n) is 12.7. The van der Waals surface area contributed by atoms with Crippen molar-refractivity contribution in [2.24, 2.45) is 0 Å². The van der Waals surface area contributed by atoms with Gasteiger partial charge in [-0.15, -0.1) is 0 Å². The van der Waals surface area contributed by atoms with Crippen molar-refractivity contribution in [1.82, 2.24) is 9.88 Å². The summed E-state index contributed by atoms with van der Waals surface area (Å²) in [6.45, 7) is 1.56. The molecule has 1 N–H and O–H groups in total. The van der Waals surface area contributed by atoms with E-state index in [2.05, 4.69) is 29.6 Å². The molecule has 0 unspecified atom stereocenters. The minimum Gasteiger partial charge on any atom is -0.311 e. The van der Waals surface area contributed by atoms with Gasteiger partial charge in [-0.25, -0.2) is 0 Å². The van der Waals surface area contributed by atoms with Crippen LogP contribution in [0.4, 0.5) is 0 Å². The lowest BCUT2D eigenvalue weighted by atomic mass is 10.1. The molecular weight excluding hydrogens is 292 g/mol. The van der Waals surface area contributed by atoms with E-state index in [9.17, 15) is 4.79 Å². The molecule has 1 aliphatic heterocycles. The normalized spacial score (nSPS) is 18.3. The predicted molar refractivity (Wildman–Crippen MR) is 93.4 cm³/mol. The van der Waals surface area contributed by atoms with Crippen LogP contribution in [-0.2, 0) is 13.1 Å². The van der Waals surface area contributed by atoms with Crippen LogP contribution in [0.5, 0.6) is 0 Å². The predicted octanol–water partition coefficient (Wildman–Crippen LogP) is 2.88. The van der Waals surface area contributed by atoms with E-state index < -0.39 is 0 Å². The summed E-state index contributed by atoms with van der Waals surface area (Å²) in [7, 11) is 0. The molecule has 1 aromatic heterocycles. The van der Waals surface area contributed by atoms with Crippen molar-refractivity contribution < 1.29 is 0 Å². The molecule has 1 saturated heterocycles. The van der Waals surface area contributed by atoms with Crippen LogP contribution in [-0.4, -0.2) is 22.1 Å². The Hall–Kier alpha value is -1.52. The molecule has 1 atom stereocenters. The largest absolute Gasteiger partial charge is 0.311 e. The first-order valence-electron chi connectivity index (χ1n) is 7.86. The van der Waals surface area contributed by atoms with Gasteiger partial charge in [-0.3, -0.25) is 4.79 Å². The quantitative estimate of drug-likeness (QED) is 0.921. The van der Waals surface area contributed by atoms with Gasteiger partial charge >= 0.3 is 0 Å². The second-order valence-corrected chi connectivity index (χ2v) is 6.93. The van der Waals surface area contributed by atoms with E-state index in [1.165, 1.54) is 29.9 Å². The molecule has 2 aromatic rings. The average molecular weight is 314 g/mol. The van der Waals surface area contributed by atoms with Crippen LogP contribution in [0, 0.1) is 0 Å². The highest BCUT2D eigenvalue weighted by molar-refractivity contribution is 7.99. The van der Waals surface area contributed by atoms with Gasteiger partial charge in [-0.2, -0.15) is 11.8 Å². The van der Waals surface area contributed by atoms with Crippen LogP contribution in [0.15, 0.2) is 53.5 Å². The van der Waals surface area contributed by atoms with Crippen LogP contribution >= 0.6 is 11.8 Å². The molecule has 1 fully saturated rings. The molecule has 1 aliphatic rings. The van der Waals surface area contributed by atoms with Gasteiger partial charge in [0, 0.05) is 30.6 Å². The Morgan fingerprint density at radius 3 is 2.68 bits per heavy atom. The molecule has 22 heavy (non-hydrogen) atoms. The van der Waals surface area contributed by atoms with Crippen molar-refractivity contribution in [3.63, 3.8) is 0 Å². The highest BCUT2D eigenvalue weighted by Gasteiger charge is 2.12. The van der Waals surface area contributed by atoms with E-state index in [1.54, 1.807) is 16.7 Å². The number of rotatable bonds is 5. The molecule has 116 valence electrons. The number of nitrogens with zero attached hydrogens (tertiary/aromatic N) is 1. The molecule has 0 spiro atoms. The Morgan fingerprint density at radius 2 is 1.95 bits per heavy atom. The number of hydrogen-bond donors (Lipinski definition) is 1. The van der Waals surface area contributed by atoms with Crippen LogP contribution < -0.4 is 10.9 Å². The summed E-state index contributed by atoms with van der Waals surface area (Å²) in [6.07, 6.45) is 4.45. The zero-order valence-corrected chi connectivity index (χ0v) is 13.5. The molecule has 1 aromatic carbocycles. The first kappa shape index (κ1) is 15.4. The first-order valence-corrected chi connectivity index (χ1v) is 9.01. The van der Waals surface area contributed by atoms with Gasteiger partial charge < -0.3 is 9.88 Å². The van der Waals surface area contributed by atoms with Gasteiger partial charge in [-0.1, -0.05) is 30.3 Å². The van der Waals surface area contributed by atoms with Crippen LogP contribution in [0.1, 0.15) is 24.0 Å². The number of pyridine rings is 1. The standard InChI is InChI=1S/C18H22N2OS/c21-18-5-1-2-10-20(18)13-16-8-6-15(7-9-16)12-19-17-4-3-11-22-14-17/h1-2,5-10,17,19H,3-4,11-14H2/t17-/m1/s1. The maximum absolute atomic E-state index is 11.7. The number of thioether (sulfide) groups is 1. The summed E-state index contributed by atoms with van der Waals surface area (Å²) in [5, 5.41) is 3.64. The van der Waals surface area contributed by atoms with Crippen LogP contribution in [0.3, 0.4) is 0 Å². The number of benzene rings is 1. The lowest BCUT2D eigenvalue weighted by Crippen LogP contribution is -2.33. The zero-order chi connectivity index (χ0) is 15.2. The smallest absolute Gasteiger partial charge is 0.250 e. The summed E-state index contributed by atoms with van der Waals surface area (Å²) >= 11 is 2.05. The Balaban J connectivity index is 1.56.